The lowest BCUT2D eigenvalue weighted by Gasteiger charge is -2.07. The number of rotatable bonds is 3. The first-order chi connectivity index (χ1) is 3.56. The van der Waals surface area contributed by atoms with Gasteiger partial charge < -0.3 is 5.73 Å². The van der Waals surface area contributed by atoms with Crippen molar-refractivity contribution in [2.75, 3.05) is 6.54 Å². The van der Waals surface area contributed by atoms with Gasteiger partial charge >= 0.3 is 0 Å². The quantitative estimate of drug-likeness (QED) is 0.571. The average molecular weight is 132 g/mol. The van der Waals surface area contributed by atoms with E-state index in [-0.39, 0.29) is 0 Å². The van der Waals surface area contributed by atoms with Gasteiger partial charge in [0, 0.05) is 0 Å². The highest BCUT2D eigenvalue weighted by atomic mass is 28.4. The van der Waals surface area contributed by atoms with Crippen molar-refractivity contribution in [3.8, 4) is 0 Å². The van der Waals surface area contributed by atoms with Gasteiger partial charge in [-0.25, -0.2) is 0 Å². The summed E-state index contributed by atoms with van der Waals surface area (Å²) in [6.07, 6.45) is 0.905. The van der Waals surface area contributed by atoms with Gasteiger partial charge in [-0.2, -0.15) is 0 Å². The second-order valence-corrected chi connectivity index (χ2v) is 6.67. The molecule has 0 aromatic rings. The molecule has 49 valence electrons. The van der Waals surface area contributed by atoms with Gasteiger partial charge in [0.25, 0.3) is 0 Å². The third kappa shape index (κ3) is 6.14. The summed E-state index contributed by atoms with van der Waals surface area (Å²) in [5, 5.41) is 0. The van der Waals surface area contributed by atoms with Crippen molar-refractivity contribution in [3.63, 3.8) is 0 Å². The Labute approximate surface area is 51.8 Å². The number of hydrogen-bond acceptors (Lipinski definition) is 1. The van der Waals surface area contributed by atoms with E-state index in [4.69, 9.17) is 5.73 Å². The fraction of sp³-hybridized carbons (Fsp3) is 1.00. The molecule has 0 atom stereocenters. The van der Waals surface area contributed by atoms with E-state index in [0.29, 0.717) is 6.54 Å². The second kappa shape index (κ2) is 3.22. The summed E-state index contributed by atoms with van der Waals surface area (Å²) < 4.78 is 0. The first kappa shape index (κ1) is 8.14. The van der Waals surface area contributed by atoms with Gasteiger partial charge in [0.1, 0.15) is 0 Å². The van der Waals surface area contributed by atoms with Crippen LogP contribution in [0.5, 0.6) is 0 Å². The fourth-order valence-corrected chi connectivity index (χ4v) is 1.58. The van der Waals surface area contributed by atoms with Crippen LogP contribution in [0.2, 0.25) is 19.1 Å². The normalized spacial score (nSPS) is 12.0. The van der Waals surface area contributed by atoms with Crippen LogP contribution in [0.25, 0.3) is 0 Å². The standard InChI is InChI=1S/C5H14NOSi/c1-8(2,7)5-3-4-6/h3-6H2,1-2H3. The average Bonchev–Trinajstić information content (AvgIpc) is 1.59. The van der Waals surface area contributed by atoms with E-state index in [1.807, 2.05) is 13.1 Å². The van der Waals surface area contributed by atoms with Crippen LogP contribution in [0.3, 0.4) is 0 Å². The highest BCUT2D eigenvalue weighted by Crippen LogP contribution is 2.06. The van der Waals surface area contributed by atoms with E-state index >= 15 is 0 Å². The Morgan fingerprint density at radius 1 is 1.50 bits per heavy atom. The summed E-state index contributed by atoms with van der Waals surface area (Å²) in [5.74, 6) is 0. The molecule has 0 aliphatic heterocycles. The maximum absolute atomic E-state index is 10.9. The lowest BCUT2D eigenvalue weighted by Crippen LogP contribution is -2.23. The molecule has 0 amide bonds. The van der Waals surface area contributed by atoms with Crippen LogP contribution in [0.15, 0.2) is 0 Å². The fourth-order valence-electron chi connectivity index (χ4n) is 0.528. The molecule has 0 aromatic heterocycles. The highest BCUT2D eigenvalue weighted by Gasteiger charge is 2.17. The van der Waals surface area contributed by atoms with Gasteiger partial charge in [0.05, 0.1) is 0 Å². The molecule has 0 saturated heterocycles. The van der Waals surface area contributed by atoms with E-state index in [2.05, 4.69) is 0 Å². The SMILES string of the molecule is C[Si](C)([O])CCCN. The summed E-state index contributed by atoms with van der Waals surface area (Å²) in [4.78, 5) is 10.9. The molecule has 0 heterocycles. The minimum absolute atomic E-state index is 0.665. The van der Waals surface area contributed by atoms with E-state index in [1.54, 1.807) is 0 Å². The van der Waals surface area contributed by atoms with Gasteiger partial charge in [-0.3, -0.25) is 4.80 Å². The van der Waals surface area contributed by atoms with Crippen molar-refractivity contribution in [1.82, 2.24) is 0 Å². The molecule has 1 radical (unpaired) electrons. The largest absolute Gasteiger partial charge is 0.330 e. The summed E-state index contributed by atoms with van der Waals surface area (Å²) in [7, 11) is -2.01. The molecule has 0 aromatic carbocycles. The molecular formula is C5H14NOSi. The van der Waals surface area contributed by atoms with E-state index in [9.17, 15) is 4.80 Å². The zero-order valence-electron chi connectivity index (χ0n) is 5.61. The molecule has 2 nitrogen and oxygen atoms in total. The van der Waals surface area contributed by atoms with E-state index < -0.39 is 8.32 Å². The van der Waals surface area contributed by atoms with Crippen LogP contribution >= 0.6 is 0 Å². The van der Waals surface area contributed by atoms with Crippen LogP contribution in [0.1, 0.15) is 6.42 Å². The molecule has 0 rings (SSSR count). The lowest BCUT2D eigenvalue weighted by atomic mass is 10.5. The molecule has 0 fully saturated rings. The lowest BCUT2D eigenvalue weighted by molar-refractivity contribution is 0.426. The first-order valence-corrected chi connectivity index (χ1v) is 6.08. The van der Waals surface area contributed by atoms with Crippen molar-refractivity contribution in [3.05, 3.63) is 0 Å². The Morgan fingerprint density at radius 2 is 2.00 bits per heavy atom. The van der Waals surface area contributed by atoms with Gasteiger partial charge in [-0.15, -0.1) is 0 Å². The van der Waals surface area contributed by atoms with Crippen LogP contribution < -0.4 is 5.73 Å². The molecule has 2 N–H and O–H groups in total. The summed E-state index contributed by atoms with van der Waals surface area (Å²) >= 11 is 0. The molecular weight excluding hydrogens is 118 g/mol. The van der Waals surface area contributed by atoms with Crippen LogP contribution in [0.4, 0.5) is 0 Å². The number of hydrogen-bond donors (Lipinski definition) is 1. The van der Waals surface area contributed by atoms with Crippen molar-refractivity contribution in [1.29, 1.82) is 0 Å². The van der Waals surface area contributed by atoms with Gasteiger partial charge in [0.15, 0.2) is 0 Å². The molecule has 3 heteroatoms. The Morgan fingerprint density at radius 3 is 2.12 bits per heavy atom. The Hall–Kier alpha value is 0.137. The van der Waals surface area contributed by atoms with Crippen LogP contribution in [0, 0.1) is 0 Å². The van der Waals surface area contributed by atoms with Gasteiger partial charge in [0.2, 0.25) is 8.32 Å². The van der Waals surface area contributed by atoms with Crippen LogP contribution in [-0.2, 0) is 4.80 Å². The van der Waals surface area contributed by atoms with E-state index in [0.717, 1.165) is 12.5 Å². The summed E-state index contributed by atoms with van der Waals surface area (Å²) in [6, 6.07) is 0.823. The minimum Gasteiger partial charge on any atom is -0.330 e. The molecule has 0 saturated carbocycles. The van der Waals surface area contributed by atoms with Crippen molar-refractivity contribution in [2.45, 2.75) is 25.6 Å². The topological polar surface area (TPSA) is 45.9 Å². The molecule has 0 unspecified atom stereocenters. The highest BCUT2D eigenvalue weighted by molar-refractivity contribution is 6.69. The Balaban J connectivity index is 3.11. The molecule has 0 bridgehead atoms. The Bertz CT molecular complexity index is 59.9. The zero-order valence-corrected chi connectivity index (χ0v) is 6.61. The predicted octanol–water partition coefficient (Wildman–Crippen LogP) is 0.971. The maximum Gasteiger partial charge on any atom is 0.231 e. The van der Waals surface area contributed by atoms with Crippen molar-refractivity contribution < 1.29 is 4.80 Å². The third-order valence-corrected chi connectivity index (χ3v) is 2.54. The van der Waals surface area contributed by atoms with Crippen molar-refractivity contribution in [2.24, 2.45) is 5.73 Å². The maximum atomic E-state index is 10.9. The van der Waals surface area contributed by atoms with Crippen molar-refractivity contribution >= 4 is 8.32 Å². The monoisotopic (exact) mass is 132 g/mol. The molecule has 0 spiro atoms. The third-order valence-electron chi connectivity index (χ3n) is 0.983. The first-order valence-electron chi connectivity index (χ1n) is 2.97. The van der Waals surface area contributed by atoms with Gasteiger partial charge in [-0.1, -0.05) is 0 Å². The predicted molar refractivity (Wildman–Crippen MR) is 36.6 cm³/mol. The Kier molecular flexibility index (Phi) is 3.27. The minimum atomic E-state index is -2.01. The summed E-state index contributed by atoms with van der Waals surface area (Å²) in [5.41, 5.74) is 5.22. The number of nitrogens with two attached hydrogens (primary N) is 1. The molecule has 0 aliphatic rings. The second-order valence-electron chi connectivity index (χ2n) is 2.65. The zero-order chi connectivity index (χ0) is 6.62. The smallest absolute Gasteiger partial charge is 0.231 e. The van der Waals surface area contributed by atoms with Gasteiger partial charge in [-0.05, 0) is 32.1 Å². The summed E-state index contributed by atoms with van der Waals surface area (Å²) in [6.45, 7) is 4.31. The van der Waals surface area contributed by atoms with E-state index in [1.165, 1.54) is 0 Å². The molecule has 0 aliphatic carbocycles. The van der Waals surface area contributed by atoms with Crippen LogP contribution in [-0.4, -0.2) is 14.9 Å². The molecule has 8 heavy (non-hydrogen) atoms.